The number of rotatable bonds is 6. The largest absolute Gasteiger partial charge is 0.379 e. The van der Waals surface area contributed by atoms with Gasteiger partial charge in [0.15, 0.2) is 0 Å². The second kappa shape index (κ2) is 9.29. The number of fused-ring (bicyclic) bond motifs is 1. The number of carbonyl (C=O) groups is 1. The number of benzene rings is 2. The zero-order valence-corrected chi connectivity index (χ0v) is 18.9. The van der Waals surface area contributed by atoms with Gasteiger partial charge in [-0.2, -0.15) is 4.31 Å². The van der Waals surface area contributed by atoms with E-state index < -0.39 is 26.4 Å². The summed E-state index contributed by atoms with van der Waals surface area (Å²) in [5, 5.41) is 13.7. The fourth-order valence-corrected chi connectivity index (χ4v) is 4.98. The number of hydrogen-bond acceptors (Lipinski definition) is 8. The molecule has 0 bridgehead atoms. The zero-order valence-electron chi connectivity index (χ0n) is 18.1. The van der Waals surface area contributed by atoms with Gasteiger partial charge in [0.05, 0.1) is 40.3 Å². The molecule has 1 aliphatic heterocycles. The first-order chi connectivity index (χ1) is 16.2. The molecule has 0 unspecified atom stereocenters. The van der Waals surface area contributed by atoms with Crippen LogP contribution in [0.1, 0.15) is 5.56 Å². The lowest BCUT2D eigenvalue weighted by molar-refractivity contribution is -0.384. The molecule has 1 amide bonds. The molecule has 0 aliphatic carbocycles. The van der Waals surface area contributed by atoms with Crippen LogP contribution in [0.25, 0.3) is 10.9 Å². The Balaban J connectivity index is 1.55. The fourth-order valence-electron chi connectivity index (χ4n) is 3.55. The van der Waals surface area contributed by atoms with Crippen molar-refractivity contribution in [3.8, 4) is 0 Å². The van der Waals surface area contributed by atoms with E-state index in [-0.39, 0.29) is 41.1 Å². The number of nitro benzene ring substituents is 1. The maximum atomic E-state index is 12.9. The summed E-state index contributed by atoms with van der Waals surface area (Å²) < 4.78 is 33.5. The minimum atomic E-state index is -3.75. The molecule has 1 fully saturated rings. The Hall–Kier alpha value is -3.68. The molecule has 1 N–H and O–H groups in total. The smallest absolute Gasteiger partial charge is 0.271 e. The molecule has 4 rings (SSSR count). The van der Waals surface area contributed by atoms with Crippen molar-refractivity contribution in [2.75, 3.05) is 31.6 Å². The van der Waals surface area contributed by atoms with Crippen molar-refractivity contribution < 1.29 is 22.9 Å². The number of hydrogen-bond donors (Lipinski definition) is 1. The number of nitrogens with one attached hydrogen (secondary N) is 1. The summed E-state index contributed by atoms with van der Waals surface area (Å²) in [5.74, 6) is -0.561. The van der Waals surface area contributed by atoms with Gasteiger partial charge in [-0.15, -0.1) is 0 Å². The van der Waals surface area contributed by atoms with Crippen molar-refractivity contribution in [3.05, 3.63) is 68.8 Å². The molecule has 1 aliphatic rings. The van der Waals surface area contributed by atoms with Crippen LogP contribution in [0.2, 0.25) is 0 Å². The van der Waals surface area contributed by atoms with Gasteiger partial charge in [-0.25, -0.2) is 13.4 Å². The Bertz CT molecular complexity index is 1450. The molecule has 2 heterocycles. The molecule has 0 spiro atoms. The first kappa shape index (κ1) is 23.5. The van der Waals surface area contributed by atoms with Crippen LogP contribution in [0.15, 0.2) is 52.4 Å². The third-order valence-electron chi connectivity index (χ3n) is 5.42. The molecule has 3 aromatic rings. The Morgan fingerprint density at radius 2 is 1.94 bits per heavy atom. The van der Waals surface area contributed by atoms with Crippen LogP contribution < -0.4 is 10.9 Å². The van der Waals surface area contributed by atoms with Gasteiger partial charge in [-0.1, -0.05) is 6.07 Å². The number of nitro groups is 1. The lowest BCUT2D eigenvalue weighted by atomic mass is 10.2. The molecule has 34 heavy (non-hydrogen) atoms. The average Bonchev–Trinajstić information content (AvgIpc) is 2.82. The van der Waals surface area contributed by atoms with E-state index in [2.05, 4.69) is 10.3 Å². The summed E-state index contributed by atoms with van der Waals surface area (Å²) in [6.45, 7) is 2.47. The van der Waals surface area contributed by atoms with E-state index in [1.54, 1.807) is 13.0 Å². The van der Waals surface area contributed by atoms with E-state index in [0.29, 0.717) is 24.5 Å². The van der Waals surface area contributed by atoms with Gasteiger partial charge in [-0.3, -0.25) is 24.3 Å². The van der Waals surface area contributed by atoms with Crippen LogP contribution in [0.5, 0.6) is 0 Å². The van der Waals surface area contributed by atoms with Crippen molar-refractivity contribution in [3.63, 3.8) is 0 Å². The normalized spacial score (nSPS) is 14.7. The summed E-state index contributed by atoms with van der Waals surface area (Å²) >= 11 is 0. The van der Waals surface area contributed by atoms with Crippen LogP contribution >= 0.6 is 0 Å². The molecule has 0 saturated carbocycles. The highest BCUT2D eigenvalue weighted by Gasteiger charge is 2.27. The molecule has 178 valence electrons. The predicted molar refractivity (Wildman–Crippen MR) is 122 cm³/mol. The first-order valence-electron chi connectivity index (χ1n) is 10.3. The van der Waals surface area contributed by atoms with Crippen LogP contribution in [-0.4, -0.2) is 59.4 Å². The van der Waals surface area contributed by atoms with E-state index in [4.69, 9.17) is 4.74 Å². The van der Waals surface area contributed by atoms with E-state index in [1.807, 2.05) is 0 Å². The maximum absolute atomic E-state index is 12.9. The monoisotopic (exact) mass is 487 g/mol. The van der Waals surface area contributed by atoms with Crippen molar-refractivity contribution in [2.24, 2.45) is 0 Å². The lowest BCUT2D eigenvalue weighted by Gasteiger charge is -2.26. The highest BCUT2D eigenvalue weighted by Crippen LogP contribution is 2.24. The SMILES string of the molecule is Cc1ccc(S(=O)(=O)N2CCOCC2)cc1NC(=O)Cn1cnc2cc([N+](=O)[O-])ccc2c1=O. The van der Waals surface area contributed by atoms with Gasteiger partial charge in [0, 0.05) is 30.9 Å². The van der Waals surface area contributed by atoms with Gasteiger partial charge in [0.25, 0.3) is 11.2 Å². The van der Waals surface area contributed by atoms with E-state index >= 15 is 0 Å². The molecule has 0 atom stereocenters. The molecule has 13 heteroatoms. The number of non-ortho nitro benzene ring substituents is 1. The lowest BCUT2D eigenvalue weighted by Crippen LogP contribution is -2.40. The summed E-state index contributed by atoms with van der Waals surface area (Å²) in [4.78, 5) is 39.8. The molecular weight excluding hydrogens is 466 g/mol. The van der Waals surface area contributed by atoms with Gasteiger partial charge in [-0.05, 0) is 30.7 Å². The number of nitrogens with zero attached hydrogens (tertiary/aromatic N) is 4. The Morgan fingerprint density at radius 3 is 2.65 bits per heavy atom. The summed E-state index contributed by atoms with van der Waals surface area (Å²) in [6, 6.07) is 8.14. The Morgan fingerprint density at radius 1 is 1.21 bits per heavy atom. The van der Waals surface area contributed by atoms with Crippen molar-refractivity contribution in [1.29, 1.82) is 0 Å². The average molecular weight is 487 g/mol. The van der Waals surface area contributed by atoms with Crippen molar-refractivity contribution in [1.82, 2.24) is 13.9 Å². The van der Waals surface area contributed by atoms with Crippen LogP contribution in [0.3, 0.4) is 0 Å². The van der Waals surface area contributed by atoms with Crippen LogP contribution in [0.4, 0.5) is 11.4 Å². The van der Waals surface area contributed by atoms with Crippen LogP contribution in [0, 0.1) is 17.0 Å². The number of ether oxygens (including phenoxy) is 1. The minimum absolute atomic E-state index is 0.0430. The highest BCUT2D eigenvalue weighted by atomic mass is 32.2. The topological polar surface area (TPSA) is 154 Å². The summed E-state index contributed by atoms with van der Waals surface area (Å²) in [5.41, 5.74) is 0.364. The van der Waals surface area contributed by atoms with E-state index in [0.717, 1.165) is 10.9 Å². The molecule has 12 nitrogen and oxygen atoms in total. The molecule has 1 aromatic heterocycles. The van der Waals surface area contributed by atoms with Gasteiger partial charge in [0.1, 0.15) is 6.54 Å². The van der Waals surface area contributed by atoms with E-state index in [9.17, 15) is 28.1 Å². The predicted octanol–water partition coefficient (Wildman–Crippen LogP) is 1.27. The standard InChI is InChI=1S/C21H21N5O7S/c1-14-2-4-16(34(31,32)25-6-8-33-9-7-25)11-18(14)23-20(27)12-24-13-22-19-10-15(26(29)30)3-5-17(19)21(24)28/h2-5,10-11,13H,6-9,12H2,1H3,(H,23,27). The third-order valence-corrected chi connectivity index (χ3v) is 7.32. The molecular formula is C21H21N5O7S. The van der Waals surface area contributed by atoms with Gasteiger partial charge >= 0.3 is 0 Å². The highest BCUT2D eigenvalue weighted by molar-refractivity contribution is 7.89. The molecule has 0 radical (unpaired) electrons. The maximum Gasteiger partial charge on any atom is 0.271 e. The van der Waals surface area contributed by atoms with Crippen molar-refractivity contribution >= 4 is 38.2 Å². The number of anilines is 1. The second-order valence-corrected chi connectivity index (χ2v) is 9.62. The second-order valence-electron chi connectivity index (χ2n) is 7.68. The number of aryl methyl sites for hydroxylation is 1. The summed E-state index contributed by atoms with van der Waals surface area (Å²) in [7, 11) is -3.75. The minimum Gasteiger partial charge on any atom is -0.379 e. The number of morpholine rings is 1. The third kappa shape index (κ3) is 4.66. The molecule has 1 saturated heterocycles. The van der Waals surface area contributed by atoms with Crippen molar-refractivity contribution in [2.45, 2.75) is 18.4 Å². The fraction of sp³-hybridized carbons (Fsp3) is 0.286. The number of sulfonamides is 1. The van der Waals surface area contributed by atoms with Gasteiger partial charge in [0.2, 0.25) is 15.9 Å². The summed E-state index contributed by atoms with van der Waals surface area (Å²) in [6.07, 6.45) is 1.14. The Labute approximate surface area is 194 Å². The number of aromatic nitrogens is 2. The zero-order chi connectivity index (χ0) is 24.5. The quantitative estimate of drug-likeness (QED) is 0.403. The van der Waals surface area contributed by atoms with Gasteiger partial charge < -0.3 is 10.1 Å². The first-order valence-corrected chi connectivity index (χ1v) is 11.7. The molecule has 2 aromatic carbocycles. The Kier molecular flexibility index (Phi) is 6.41. The van der Waals surface area contributed by atoms with Crippen LogP contribution in [-0.2, 0) is 26.1 Å². The number of amides is 1. The van der Waals surface area contributed by atoms with E-state index in [1.165, 1.54) is 34.6 Å². The number of carbonyl (C=O) groups excluding carboxylic acids is 1.